The topological polar surface area (TPSA) is 95.1 Å². The maximum Gasteiger partial charge on any atom is 0.417 e. The standard InChI is InChI=1S/C21H19ClF3N5O2/c1-26-19(31)18-10-13(6-7-27-18)32-12-3-5-16-17(9-12)30-20(29-16)28-11-2-4-15(22)14(8-11)21(23,24)25/h2-8,10,12,19,26,31H,9H2,1H3,(H2,28,29,30). The average molecular weight is 466 g/mol. The van der Waals surface area contributed by atoms with Gasteiger partial charge in [0.15, 0.2) is 0 Å². The first-order valence-corrected chi connectivity index (χ1v) is 9.99. The fourth-order valence-corrected chi connectivity index (χ4v) is 3.48. The molecule has 2 heterocycles. The van der Waals surface area contributed by atoms with Gasteiger partial charge < -0.3 is 20.1 Å². The Morgan fingerprint density at radius 3 is 2.84 bits per heavy atom. The lowest BCUT2D eigenvalue weighted by atomic mass is 10.1. The van der Waals surface area contributed by atoms with Crippen LogP contribution in [-0.4, -0.2) is 33.2 Å². The summed E-state index contributed by atoms with van der Waals surface area (Å²) in [6.07, 6.45) is -0.126. The van der Waals surface area contributed by atoms with Crippen molar-refractivity contribution < 1.29 is 23.0 Å². The molecule has 1 aliphatic rings. The largest absolute Gasteiger partial charge is 0.486 e. The van der Waals surface area contributed by atoms with Crippen LogP contribution in [0.4, 0.5) is 24.8 Å². The Hall–Kier alpha value is -3.08. The highest BCUT2D eigenvalue weighted by atomic mass is 35.5. The Balaban J connectivity index is 1.46. The van der Waals surface area contributed by atoms with Crippen molar-refractivity contribution in [3.8, 4) is 5.75 Å². The Bertz CT molecular complexity index is 1150. The van der Waals surface area contributed by atoms with Crippen molar-refractivity contribution in [3.63, 3.8) is 0 Å². The summed E-state index contributed by atoms with van der Waals surface area (Å²) < 4.78 is 45.2. The van der Waals surface area contributed by atoms with Crippen LogP contribution in [0.2, 0.25) is 5.02 Å². The minimum absolute atomic E-state index is 0.206. The molecule has 1 aromatic carbocycles. The molecule has 2 atom stereocenters. The molecule has 0 amide bonds. The average Bonchev–Trinajstić information content (AvgIpc) is 3.15. The molecule has 0 saturated heterocycles. The van der Waals surface area contributed by atoms with Gasteiger partial charge in [0.25, 0.3) is 0 Å². The van der Waals surface area contributed by atoms with E-state index in [-0.39, 0.29) is 16.8 Å². The maximum atomic E-state index is 13.1. The Kier molecular flexibility index (Phi) is 6.09. The van der Waals surface area contributed by atoms with Gasteiger partial charge in [-0.3, -0.25) is 10.3 Å². The second kappa shape index (κ2) is 8.81. The zero-order valence-corrected chi connectivity index (χ0v) is 17.5. The second-order valence-electron chi connectivity index (χ2n) is 7.09. The van der Waals surface area contributed by atoms with E-state index in [1.54, 1.807) is 31.5 Å². The van der Waals surface area contributed by atoms with Gasteiger partial charge in [-0.2, -0.15) is 13.2 Å². The van der Waals surface area contributed by atoms with E-state index in [0.29, 0.717) is 29.5 Å². The van der Waals surface area contributed by atoms with Crippen molar-refractivity contribution in [3.05, 3.63) is 70.3 Å². The predicted molar refractivity (Wildman–Crippen MR) is 114 cm³/mol. The first-order chi connectivity index (χ1) is 15.2. The van der Waals surface area contributed by atoms with E-state index in [9.17, 15) is 18.3 Å². The number of aromatic nitrogens is 3. The number of benzene rings is 1. The number of aliphatic hydroxyl groups is 1. The minimum atomic E-state index is -4.56. The molecule has 4 rings (SSSR count). The van der Waals surface area contributed by atoms with E-state index in [4.69, 9.17) is 16.3 Å². The van der Waals surface area contributed by atoms with E-state index in [1.165, 1.54) is 12.1 Å². The van der Waals surface area contributed by atoms with E-state index in [2.05, 4.69) is 25.6 Å². The number of anilines is 2. The lowest BCUT2D eigenvalue weighted by molar-refractivity contribution is -0.137. The molecule has 1 aliphatic carbocycles. The number of nitrogens with zero attached hydrogens (tertiary/aromatic N) is 2. The van der Waals surface area contributed by atoms with Crippen LogP contribution in [0.1, 0.15) is 28.9 Å². The molecule has 0 aliphatic heterocycles. The van der Waals surface area contributed by atoms with Crippen LogP contribution < -0.4 is 15.4 Å². The van der Waals surface area contributed by atoms with Gasteiger partial charge in [-0.1, -0.05) is 11.6 Å². The third-order valence-electron chi connectivity index (χ3n) is 4.81. The summed E-state index contributed by atoms with van der Waals surface area (Å²) in [6.45, 7) is 0. The summed E-state index contributed by atoms with van der Waals surface area (Å²) >= 11 is 5.67. The number of aromatic amines is 1. The molecule has 0 radical (unpaired) electrons. The lowest BCUT2D eigenvalue weighted by Crippen LogP contribution is -2.21. The molecule has 3 aromatic rings. The number of halogens is 4. The van der Waals surface area contributed by atoms with Crippen molar-refractivity contribution in [1.29, 1.82) is 0 Å². The Labute approximate surface area is 186 Å². The number of rotatable bonds is 6. The fourth-order valence-electron chi connectivity index (χ4n) is 3.25. The monoisotopic (exact) mass is 465 g/mol. The maximum absolute atomic E-state index is 13.1. The second-order valence-corrected chi connectivity index (χ2v) is 7.50. The molecule has 0 saturated carbocycles. The predicted octanol–water partition coefficient (Wildman–Crippen LogP) is 4.45. The number of nitrogens with one attached hydrogen (secondary N) is 3. The number of pyridine rings is 1. The van der Waals surface area contributed by atoms with Crippen LogP contribution in [0, 0.1) is 0 Å². The van der Waals surface area contributed by atoms with Crippen molar-refractivity contribution in [1.82, 2.24) is 20.3 Å². The van der Waals surface area contributed by atoms with Gasteiger partial charge in [-0.15, -0.1) is 0 Å². The smallest absolute Gasteiger partial charge is 0.417 e. The number of H-pyrrole nitrogens is 1. The highest BCUT2D eigenvalue weighted by Gasteiger charge is 2.33. The van der Waals surface area contributed by atoms with E-state index in [0.717, 1.165) is 11.8 Å². The molecule has 0 bridgehead atoms. The summed E-state index contributed by atoms with van der Waals surface area (Å²) in [7, 11) is 1.61. The summed E-state index contributed by atoms with van der Waals surface area (Å²) in [4.78, 5) is 11.6. The van der Waals surface area contributed by atoms with Crippen molar-refractivity contribution in [2.75, 3.05) is 12.4 Å². The fraction of sp³-hybridized carbons (Fsp3) is 0.238. The summed E-state index contributed by atoms with van der Waals surface area (Å²) in [5.74, 6) is 0.847. The zero-order chi connectivity index (χ0) is 22.9. The summed E-state index contributed by atoms with van der Waals surface area (Å²) in [5, 5.41) is 15.0. The molecule has 168 valence electrons. The normalized spacial score (nSPS) is 16.5. The van der Waals surface area contributed by atoms with E-state index in [1.807, 2.05) is 6.08 Å². The van der Waals surface area contributed by atoms with Gasteiger partial charge in [0.1, 0.15) is 18.1 Å². The molecule has 11 heteroatoms. The number of hydrogen-bond donors (Lipinski definition) is 4. The molecular formula is C21H19ClF3N5O2. The SMILES string of the molecule is CNC(O)c1cc(OC2C=Cc3nc(Nc4ccc(Cl)c(C(F)(F)F)c4)[nH]c3C2)ccn1. The molecule has 0 fully saturated rings. The first kappa shape index (κ1) is 22.1. The molecular weight excluding hydrogens is 447 g/mol. The zero-order valence-electron chi connectivity index (χ0n) is 16.7. The van der Waals surface area contributed by atoms with Gasteiger partial charge in [0.2, 0.25) is 5.95 Å². The molecule has 32 heavy (non-hydrogen) atoms. The third kappa shape index (κ3) is 4.87. The van der Waals surface area contributed by atoms with Gasteiger partial charge in [0, 0.05) is 30.1 Å². The van der Waals surface area contributed by atoms with Crippen LogP contribution in [0.15, 0.2) is 42.6 Å². The van der Waals surface area contributed by atoms with E-state index < -0.39 is 18.0 Å². The highest BCUT2D eigenvalue weighted by molar-refractivity contribution is 6.31. The van der Waals surface area contributed by atoms with Crippen LogP contribution in [-0.2, 0) is 12.6 Å². The van der Waals surface area contributed by atoms with Gasteiger partial charge in [0.05, 0.1) is 22.0 Å². The van der Waals surface area contributed by atoms with Crippen LogP contribution in [0.5, 0.6) is 5.75 Å². The Morgan fingerprint density at radius 2 is 2.09 bits per heavy atom. The number of alkyl halides is 3. The molecule has 4 N–H and O–H groups in total. The molecule has 2 unspecified atom stereocenters. The van der Waals surface area contributed by atoms with Crippen LogP contribution in [0.3, 0.4) is 0 Å². The quantitative estimate of drug-likeness (QED) is 0.402. The molecule has 0 spiro atoms. The summed E-state index contributed by atoms with van der Waals surface area (Å²) in [5.41, 5.74) is 1.15. The number of hydrogen-bond acceptors (Lipinski definition) is 6. The Morgan fingerprint density at radius 1 is 1.28 bits per heavy atom. The number of ether oxygens (including phenoxy) is 1. The van der Waals surface area contributed by atoms with Gasteiger partial charge in [-0.05, 0) is 43.5 Å². The summed E-state index contributed by atoms with van der Waals surface area (Å²) in [6, 6.07) is 6.90. The van der Waals surface area contributed by atoms with E-state index >= 15 is 0 Å². The van der Waals surface area contributed by atoms with Crippen LogP contribution in [0.25, 0.3) is 6.08 Å². The van der Waals surface area contributed by atoms with Crippen molar-refractivity contribution >= 4 is 29.3 Å². The minimum Gasteiger partial charge on any atom is -0.486 e. The number of fused-ring (bicyclic) bond motifs is 1. The number of imidazole rings is 1. The van der Waals surface area contributed by atoms with Crippen molar-refractivity contribution in [2.24, 2.45) is 0 Å². The van der Waals surface area contributed by atoms with Gasteiger partial charge >= 0.3 is 6.18 Å². The van der Waals surface area contributed by atoms with Crippen LogP contribution >= 0.6 is 11.6 Å². The third-order valence-corrected chi connectivity index (χ3v) is 5.14. The highest BCUT2D eigenvalue weighted by Crippen LogP contribution is 2.36. The lowest BCUT2D eigenvalue weighted by Gasteiger charge is -2.19. The number of aliphatic hydroxyl groups excluding tert-OH is 1. The molecule has 7 nitrogen and oxygen atoms in total. The van der Waals surface area contributed by atoms with Crippen molar-refractivity contribution in [2.45, 2.75) is 24.9 Å². The molecule has 2 aromatic heterocycles. The van der Waals surface area contributed by atoms with Gasteiger partial charge in [-0.25, -0.2) is 4.98 Å². The first-order valence-electron chi connectivity index (χ1n) is 9.61.